The van der Waals surface area contributed by atoms with E-state index < -0.39 is 0 Å². The lowest BCUT2D eigenvalue weighted by Gasteiger charge is -2.17. The van der Waals surface area contributed by atoms with Gasteiger partial charge in [0.15, 0.2) is 0 Å². The summed E-state index contributed by atoms with van der Waals surface area (Å²) in [5.41, 5.74) is 2.08. The molecule has 7 nitrogen and oxygen atoms in total. The SMILES string of the molecule is CSc1ccccc1NC(=O)CN(C)CC(=O)Nc1cc(C)nn1-c1ccc(F)cc1. The number of aryl methyl sites for hydroxylation is 1. The zero-order valence-electron chi connectivity index (χ0n) is 17.6. The molecule has 2 amide bonds. The summed E-state index contributed by atoms with van der Waals surface area (Å²) in [6.45, 7) is 1.89. The molecule has 0 aliphatic heterocycles. The van der Waals surface area contributed by atoms with Crippen molar-refractivity contribution in [1.29, 1.82) is 0 Å². The van der Waals surface area contributed by atoms with Crippen molar-refractivity contribution < 1.29 is 14.0 Å². The van der Waals surface area contributed by atoms with Gasteiger partial charge in [0, 0.05) is 11.0 Å². The number of likely N-dealkylation sites (N-methyl/N-ethyl adjacent to an activating group) is 1. The number of hydrogen-bond donors (Lipinski definition) is 2. The standard InChI is InChI=1S/C22H24FN5O2S/c1-15-12-20(28(26-15)17-10-8-16(23)9-11-17)25-22(30)14-27(2)13-21(29)24-18-6-4-5-7-19(18)31-3/h4-12H,13-14H2,1-3H3,(H,24,29)(H,25,30). The monoisotopic (exact) mass is 441 g/mol. The lowest BCUT2D eigenvalue weighted by Crippen LogP contribution is -2.36. The van der Waals surface area contributed by atoms with Gasteiger partial charge in [-0.2, -0.15) is 5.10 Å². The molecule has 0 unspecified atom stereocenters. The summed E-state index contributed by atoms with van der Waals surface area (Å²) in [5.74, 6) is -0.369. The summed E-state index contributed by atoms with van der Waals surface area (Å²) >= 11 is 1.55. The van der Waals surface area contributed by atoms with Crippen molar-refractivity contribution >= 4 is 35.1 Å². The number of carbonyl (C=O) groups is 2. The minimum absolute atomic E-state index is 0.0191. The van der Waals surface area contributed by atoms with Crippen LogP contribution in [0.3, 0.4) is 0 Å². The third kappa shape index (κ3) is 6.16. The molecule has 1 heterocycles. The maximum Gasteiger partial charge on any atom is 0.239 e. The Bertz CT molecular complexity index is 1070. The minimum atomic E-state index is -0.349. The van der Waals surface area contributed by atoms with Gasteiger partial charge in [-0.15, -0.1) is 11.8 Å². The molecular formula is C22H24FN5O2S. The number of amides is 2. The van der Waals surface area contributed by atoms with Gasteiger partial charge in [0.05, 0.1) is 30.2 Å². The molecule has 0 saturated carbocycles. The average Bonchev–Trinajstić information content (AvgIpc) is 3.08. The van der Waals surface area contributed by atoms with Crippen LogP contribution >= 0.6 is 11.8 Å². The second kappa shape index (κ2) is 10.2. The van der Waals surface area contributed by atoms with Crippen LogP contribution in [0.4, 0.5) is 15.9 Å². The van der Waals surface area contributed by atoms with Crippen LogP contribution in [-0.2, 0) is 9.59 Å². The number of rotatable bonds is 8. The molecule has 3 rings (SSSR count). The molecule has 2 N–H and O–H groups in total. The number of hydrogen-bond acceptors (Lipinski definition) is 5. The molecule has 1 aromatic heterocycles. The molecule has 0 radical (unpaired) electrons. The molecule has 162 valence electrons. The van der Waals surface area contributed by atoms with Crippen molar-refractivity contribution in [2.45, 2.75) is 11.8 Å². The second-order valence-corrected chi connectivity index (χ2v) is 7.88. The van der Waals surface area contributed by atoms with E-state index in [0.717, 1.165) is 10.6 Å². The second-order valence-electron chi connectivity index (χ2n) is 7.03. The van der Waals surface area contributed by atoms with Gasteiger partial charge in [-0.3, -0.25) is 14.5 Å². The zero-order valence-corrected chi connectivity index (χ0v) is 18.4. The number of nitrogens with one attached hydrogen (secondary N) is 2. The average molecular weight is 442 g/mol. The number of carbonyl (C=O) groups excluding carboxylic acids is 2. The number of thioether (sulfide) groups is 1. The quantitative estimate of drug-likeness (QED) is 0.523. The van der Waals surface area contributed by atoms with Crippen LogP contribution in [0.5, 0.6) is 0 Å². The first kappa shape index (κ1) is 22.5. The fraction of sp³-hybridized carbons (Fsp3) is 0.227. The van der Waals surface area contributed by atoms with E-state index in [1.807, 2.05) is 30.5 Å². The highest BCUT2D eigenvalue weighted by Crippen LogP contribution is 2.24. The first-order valence-electron chi connectivity index (χ1n) is 9.59. The summed E-state index contributed by atoms with van der Waals surface area (Å²) in [4.78, 5) is 27.5. The molecule has 0 saturated heterocycles. The molecule has 0 aliphatic carbocycles. The van der Waals surface area contributed by atoms with E-state index in [4.69, 9.17) is 0 Å². The van der Waals surface area contributed by atoms with Gasteiger partial charge in [-0.05, 0) is 56.6 Å². The van der Waals surface area contributed by atoms with Gasteiger partial charge in [-0.25, -0.2) is 9.07 Å². The van der Waals surface area contributed by atoms with E-state index in [2.05, 4.69) is 15.7 Å². The number of nitrogens with zero attached hydrogens (tertiary/aromatic N) is 3. The molecule has 2 aromatic carbocycles. The highest BCUT2D eigenvalue weighted by atomic mass is 32.2. The van der Waals surface area contributed by atoms with Crippen LogP contribution in [0.15, 0.2) is 59.5 Å². The Morgan fingerprint density at radius 1 is 1.06 bits per heavy atom. The van der Waals surface area contributed by atoms with Gasteiger partial charge in [-0.1, -0.05) is 12.1 Å². The third-order valence-corrected chi connectivity index (χ3v) is 5.17. The molecule has 0 spiro atoms. The van der Waals surface area contributed by atoms with Gasteiger partial charge in [0.25, 0.3) is 0 Å². The molecule has 3 aromatic rings. The van der Waals surface area contributed by atoms with Crippen molar-refractivity contribution in [1.82, 2.24) is 14.7 Å². The topological polar surface area (TPSA) is 79.3 Å². The molecule has 0 atom stereocenters. The fourth-order valence-corrected chi connectivity index (χ4v) is 3.59. The number of benzene rings is 2. The number of halogens is 1. The minimum Gasteiger partial charge on any atom is -0.324 e. The molecule has 9 heteroatoms. The van der Waals surface area contributed by atoms with Crippen molar-refractivity contribution in [2.24, 2.45) is 0 Å². The molecule has 0 fully saturated rings. The van der Waals surface area contributed by atoms with Crippen molar-refractivity contribution in [3.8, 4) is 5.69 Å². The molecule has 31 heavy (non-hydrogen) atoms. The van der Waals surface area contributed by atoms with Crippen LogP contribution in [0, 0.1) is 12.7 Å². The summed E-state index contributed by atoms with van der Waals surface area (Å²) in [6.07, 6.45) is 1.94. The van der Waals surface area contributed by atoms with Crippen LogP contribution in [0.2, 0.25) is 0 Å². The normalized spacial score (nSPS) is 10.9. The summed E-state index contributed by atoms with van der Waals surface area (Å²) in [5, 5.41) is 10.0. The lowest BCUT2D eigenvalue weighted by molar-refractivity contribution is -0.119. The highest BCUT2D eigenvalue weighted by molar-refractivity contribution is 7.98. The summed E-state index contributed by atoms with van der Waals surface area (Å²) < 4.78 is 14.7. The number of para-hydroxylation sites is 1. The van der Waals surface area contributed by atoms with Crippen LogP contribution < -0.4 is 10.6 Å². The Kier molecular flexibility index (Phi) is 7.43. The molecule has 0 bridgehead atoms. The van der Waals surface area contributed by atoms with Gasteiger partial charge in [0.1, 0.15) is 11.6 Å². The first-order chi connectivity index (χ1) is 14.9. The lowest BCUT2D eigenvalue weighted by atomic mass is 10.3. The van der Waals surface area contributed by atoms with Crippen molar-refractivity contribution in [3.63, 3.8) is 0 Å². The maximum atomic E-state index is 13.2. The first-order valence-corrected chi connectivity index (χ1v) is 10.8. The molecule has 0 aliphatic rings. The Labute approximate surface area is 184 Å². The number of aromatic nitrogens is 2. The Balaban J connectivity index is 1.58. The van der Waals surface area contributed by atoms with Gasteiger partial charge < -0.3 is 10.6 Å². The third-order valence-electron chi connectivity index (χ3n) is 4.38. The Morgan fingerprint density at radius 3 is 2.39 bits per heavy atom. The van der Waals surface area contributed by atoms with Crippen LogP contribution in [-0.4, -0.2) is 52.9 Å². The van der Waals surface area contributed by atoms with Crippen LogP contribution in [0.25, 0.3) is 5.69 Å². The van der Waals surface area contributed by atoms with E-state index in [9.17, 15) is 14.0 Å². The predicted octanol–water partition coefficient (Wildman–Crippen LogP) is 3.55. The van der Waals surface area contributed by atoms with Gasteiger partial charge >= 0.3 is 0 Å². The fourth-order valence-electron chi connectivity index (χ4n) is 3.03. The van der Waals surface area contributed by atoms with E-state index >= 15 is 0 Å². The van der Waals surface area contributed by atoms with E-state index in [0.29, 0.717) is 17.2 Å². The molecular weight excluding hydrogens is 417 g/mol. The zero-order chi connectivity index (χ0) is 22.4. The summed E-state index contributed by atoms with van der Waals surface area (Å²) in [7, 11) is 1.70. The van der Waals surface area contributed by atoms with Gasteiger partial charge in [0.2, 0.25) is 11.8 Å². The maximum absolute atomic E-state index is 13.2. The Morgan fingerprint density at radius 2 is 1.71 bits per heavy atom. The van der Waals surface area contributed by atoms with Crippen LogP contribution in [0.1, 0.15) is 5.69 Å². The summed E-state index contributed by atoms with van der Waals surface area (Å²) in [6, 6.07) is 15.1. The van der Waals surface area contributed by atoms with E-state index in [-0.39, 0.29) is 30.7 Å². The predicted molar refractivity (Wildman–Crippen MR) is 121 cm³/mol. The Hall–Kier alpha value is -3.17. The largest absolute Gasteiger partial charge is 0.324 e. The van der Waals surface area contributed by atoms with E-state index in [1.165, 1.54) is 12.1 Å². The van der Waals surface area contributed by atoms with Crippen molar-refractivity contribution in [3.05, 3.63) is 66.1 Å². The highest BCUT2D eigenvalue weighted by Gasteiger charge is 2.15. The van der Waals surface area contributed by atoms with Crippen molar-refractivity contribution in [2.75, 3.05) is 37.0 Å². The smallest absolute Gasteiger partial charge is 0.239 e. The van der Waals surface area contributed by atoms with E-state index in [1.54, 1.807) is 53.5 Å². The number of anilines is 2.